The van der Waals surface area contributed by atoms with Gasteiger partial charge in [-0.05, 0) is 31.2 Å². The Kier molecular flexibility index (Phi) is 6.25. The van der Waals surface area contributed by atoms with E-state index in [1.165, 1.54) is 5.56 Å². The molecule has 0 saturated carbocycles. The Bertz CT molecular complexity index is 299. The first kappa shape index (κ1) is 13.9. The molecule has 1 aromatic rings. The van der Waals surface area contributed by atoms with Gasteiger partial charge in [0, 0.05) is 22.1 Å². The summed E-state index contributed by atoms with van der Waals surface area (Å²) in [6, 6.07) is 8.66. The van der Waals surface area contributed by atoms with Crippen LogP contribution in [0.4, 0.5) is 0 Å². The number of halogens is 1. The van der Waals surface area contributed by atoms with Crippen LogP contribution in [0.5, 0.6) is 0 Å². The van der Waals surface area contributed by atoms with Crippen LogP contribution in [0, 0.1) is 0 Å². The number of nitrogens with one attached hydrogen (secondary N) is 1. The molecule has 1 N–H and O–H groups in total. The van der Waals surface area contributed by atoms with Gasteiger partial charge in [0.1, 0.15) is 0 Å². The van der Waals surface area contributed by atoms with Crippen molar-refractivity contribution in [2.45, 2.75) is 37.8 Å². The van der Waals surface area contributed by atoms with Crippen molar-refractivity contribution in [2.24, 2.45) is 0 Å². The van der Waals surface area contributed by atoms with Crippen molar-refractivity contribution in [3.8, 4) is 0 Å². The molecule has 90 valence electrons. The smallest absolute Gasteiger partial charge is 0.0406 e. The summed E-state index contributed by atoms with van der Waals surface area (Å²) in [6.07, 6.45) is 0. The van der Waals surface area contributed by atoms with Crippen LogP contribution in [0.2, 0.25) is 5.02 Å². The van der Waals surface area contributed by atoms with Crippen molar-refractivity contribution in [3.63, 3.8) is 0 Å². The maximum atomic E-state index is 5.85. The van der Waals surface area contributed by atoms with Gasteiger partial charge in [-0.15, -0.1) is 0 Å². The quantitative estimate of drug-likeness (QED) is 0.828. The molecule has 0 aromatic heterocycles. The highest BCUT2D eigenvalue weighted by Crippen LogP contribution is 2.21. The molecule has 2 unspecified atom stereocenters. The molecule has 0 aliphatic carbocycles. The SMILES string of the molecule is CCNC(C)C(C)SCc1ccc(Cl)cc1. The average molecular weight is 258 g/mol. The summed E-state index contributed by atoms with van der Waals surface area (Å²) in [7, 11) is 0. The van der Waals surface area contributed by atoms with Gasteiger partial charge in [0.15, 0.2) is 0 Å². The van der Waals surface area contributed by atoms with Crippen molar-refractivity contribution in [1.29, 1.82) is 0 Å². The van der Waals surface area contributed by atoms with Crippen LogP contribution in [-0.4, -0.2) is 17.8 Å². The maximum absolute atomic E-state index is 5.85. The molecule has 1 aromatic carbocycles. The van der Waals surface area contributed by atoms with Gasteiger partial charge >= 0.3 is 0 Å². The molecular weight excluding hydrogens is 238 g/mol. The lowest BCUT2D eigenvalue weighted by molar-refractivity contribution is 0.563. The van der Waals surface area contributed by atoms with Crippen LogP contribution in [0.3, 0.4) is 0 Å². The van der Waals surface area contributed by atoms with Crippen molar-refractivity contribution >= 4 is 23.4 Å². The van der Waals surface area contributed by atoms with Gasteiger partial charge in [0.05, 0.1) is 0 Å². The van der Waals surface area contributed by atoms with Crippen molar-refractivity contribution < 1.29 is 0 Å². The van der Waals surface area contributed by atoms with Crippen molar-refractivity contribution in [2.75, 3.05) is 6.54 Å². The van der Waals surface area contributed by atoms with Crippen LogP contribution in [0.1, 0.15) is 26.3 Å². The normalized spacial score (nSPS) is 14.8. The van der Waals surface area contributed by atoms with Crippen LogP contribution in [0.25, 0.3) is 0 Å². The van der Waals surface area contributed by atoms with Crippen molar-refractivity contribution in [1.82, 2.24) is 5.32 Å². The van der Waals surface area contributed by atoms with Gasteiger partial charge in [0.25, 0.3) is 0 Å². The molecule has 16 heavy (non-hydrogen) atoms. The lowest BCUT2D eigenvalue weighted by atomic mass is 10.2. The Balaban J connectivity index is 2.36. The molecular formula is C13H20ClNS. The molecule has 0 amide bonds. The van der Waals surface area contributed by atoms with Gasteiger partial charge in [-0.1, -0.05) is 37.6 Å². The molecule has 0 spiro atoms. The second kappa shape index (κ2) is 7.21. The number of rotatable bonds is 6. The average Bonchev–Trinajstić information content (AvgIpc) is 2.28. The summed E-state index contributed by atoms with van der Waals surface area (Å²) in [6.45, 7) is 7.69. The zero-order chi connectivity index (χ0) is 12.0. The van der Waals surface area contributed by atoms with E-state index in [4.69, 9.17) is 11.6 Å². The highest BCUT2D eigenvalue weighted by atomic mass is 35.5. The zero-order valence-corrected chi connectivity index (χ0v) is 11.7. The summed E-state index contributed by atoms with van der Waals surface area (Å²) in [5.74, 6) is 1.05. The highest BCUT2D eigenvalue weighted by Gasteiger charge is 2.10. The van der Waals surface area contributed by atoms with Gasteiger partial charge in [0.2, 0.25) is 0 Å². The summed E-state index contributed by atoms with van der Waals surface area (Å²) in [5, 5.41) is 4.88. The summed E-state index contributed by atoms with van der Waals surface area (Å²) < 4.78 is 0. The fourth-order valence-corrected chi connectivity index (χ4v) is 2.60. The van der Waals surface area contributed by atoms with Gasteiger partial charge in [-0.2, -0.15) is 11.8 Å². The number of hydrogen-bond acceptors (Lipinski definition) is 2. The fraction of sp³-hybridized carbons (Fsp3) is 0.538. The summed E-state index contributed by atoms with van der Waals surface area (Å²) in [5.41, 5.74) is 1.34. The topological polar surface area (TPSA) is 12.0 Å². The van der Waals surface area contributed by atoms with E-state index in [1.54, 1.807) is 0 Å². The minimum Gasteiger partial charge on any atom is -0.313 e. The zero-order valence-electron chi connectivity index (χ0n) is 10.2. The van der Waals surface area contributed by atoms with Crippen LogP contribution in [-0.2, 0) is 5.75 Å². The summed E-state index contributed by atoms with van der Waals surface area (Å²) >= 11 is 7.83. The predicted octanol–water partition coefficient (Wildman–Crippen LogP) is 3.96. The van der Waals surface area contributed by atoms with E-state index >= 15 is 0 Å². The number of hydrogen-bond donors (Lipinski definition) is 1. The Labute approximate surface area is 108 Å². The molecule has 1 rings (SSSR count). The third kappa shape index (κ3) is 4.77. The minimum absolute atomic E-state index is 0.558. The lowest BCUT2D eigenvalue weighted by Gasteiger charge is -2.20. The molecule has 0 heterocycles. The first-order chi connectivity index (χ1) is 7.63. The monoisotopic (exact) mass is 257 g/mol. The third-order valence-electron chi connectivity index (χ3n) is 2.66. The summed E-state index contributed by atoms with van der Waals surface area (Å²) in [4.78, 5) is 0. The van der Waals surface area contributed by atoms with Crippen LogP contribution < -0.4 is 5.32 Å². The third-order valence-corrected chi connectivity index (χ3v) is 4.34. The second-order valence-corrected chi connectivity index (χ2v) is 5.79. The van der Waals surface area contributed by atoms with E-state index in [0.717, 1.165) is 17.3 Å². The number of thioether (sulfide) groups is 1. The van der Waals surface area contributed by atoms with Crippen LogP contribution in [0.15, 0.2) is 24.3 Å². The van der Waals surface area contributed by atoms with E-state index in [1.807, 2.05) is 23.9 Å². The van der Waals surface area contributed by atoms with Crippen molar-refractivity contribution in [3.05, 3.63) is 34.9 Å². The first-order valence-corrected chi connectivity index (χ1v) is 7.15. The Morgan fingerprint density at radius 3 is 2.44 bits per heavy atom. The molecule has 0 bridgehead atoms. The predicted molar refractivity (Wildman–Crippen MR) is 75.3 cm³/mol. The molecule has 0 fully saturated rings. The number of benzene rings is 1. The van der Waals surface area contributed by atoms with E-state index in [-0.39, 0.29) is 0 Å². The first-order valence-electron chi connectivity index (χ1n) is 5.73. The molecule has 1 nitrogen and oxygen atoms in total. The van der Waals surface area contributed by atoms with Gasteiger partial charge in [-0.3, -0.25) is 0 Å². The highest BCUT2D eigenvalue weighted by molar-refractivity contribution is 7.99. The van der Waals surface area contributed by atoms with E-state index in [2.05, 4.69) is 38.2 Å². The van der Waals surface area contributed by atoms with E-state index in [0.29, 0.717) is 11.3 Å². The Morgan fingerprint density at radius 2 is 1.88 bits per heavy atom. The largest absolute Gasteiger partial charge is 0.313 e. The molecule has 0 saturated heterocycles. The molecule has 2 atom stereocenters. The van der Waals surface area contributed by atoms with Gasteiger partial charge in [-0.25, -0.2) is 0 Å². The Morgan fingerprint density at radius 1 is 1.25 bits per heavy atom. The second-order valence-electron chi connectivity index (χ2n) is 3.99. The minimum atomic E-state index is 0.558. The molecule has 0 aliphatic rings. The van der Waals surface area contributed by atoms with Crippen LogP contribution >= 0.6 is 23.4 Å². The van der Waals surface area contributed by atoms with Gasteiger partial charge < -0.3 is 5.32 Å². The molecule has 3 heteroatoms. The Hall–Kier alpha value is -0.180. The maximum Gasteiger partial charge on any atom is 0.0406 e. The molecule has 0 radical (unpaired) electrons. The fourth-order valence-electron chi connectivity index (χ4n) is 1.44. The van der Waals surface area contributed by atoms with E-state index in [9.17, 15) is 0 Å². The lowest BCUT2D eigenvalue weighted by Crippen LogP contribution is -2.33. The van der Waals surface area contributed by atoms with E-state index < -0.39 is 0 Å². The molecule has 0 aliphatic heterocycles. The standard InChI is InChI=1S/C13H20ClNS/c1-4-15-10(2)11(3)16-9-12-5-7-13(14)8-6-12/h5-8,10-11,15H,4,9H2,1-3H3.